The van der Waals surface area contributed by atoms with E-state index in [4.69, 9.17) is 4.74 Å². The van der Waals surface area contributed by atoms with E-state index in [1.54, 1.807) is 6.92 Å². The normalized spacial score (nSPS) is 11.6. The van der Waals surface area contributed by atoms with E-state index < -0.39 is 12.1 Å². The number of carboxylic acid groups (broad SMARTS) is 1. The van der Waals surface area contributed by atoms with Crippen LogP contribution in [0.15, 0.2) is 6.07 Å². The molecule has 0 aliphatic heterocycles. The minimum atomic E-state index is -1.26. The Hall–Kier alpha value is 1.15. The number of benzene rings is 1. The molecule has 1 rings (SSSR count). The van der Waals surface area contributed by atoms with E-state index in [-0.39, 0.29) is 41.9 Å². The maximum Gasteiger partial charge on any atom is 1.00 e. The minimum absolute atomic E-state index is 0. The number of rotatable bonds is 7. The standard InChI is InChI=1S/C15H18I3NO4.Na/c1-4-10(15(21)22)23-13-9(17)5-8(16)11(12(13)18)14(20)19-6-7(2)3;/h5,7,10H,4,6H2,1-3H3,(H,19,20)(H,21,22);/q;+1/p-1. The summed E-state index contributed by atoms with van der Waals surface area (Å²) in [4.78, 5) is 23.5. The van der Waals surface area contributed by atoms with Crippen molar-refractivity contribution in [2.75, 3.05) is 6.54 Å². The number of hydrogen-bond donors (Lipinski definition) is 1. The monoisotopic (exact) mass is 679 g/mol. The van der Waals surface area contributed by atoms with E-state index in [9.17, 15) is 14.7 Å². The van der Waals surface area contributed by atoms with E-state index >= 15 is 0 Å². The van der Waals surface area contributed by atoms with Gasteiger partial charge in [-0.05, 0) is 86.2 Å². The third kappa shape index (κ3) is 7.05. The van der Waals surface area contributed by atoms with Crippen molar-refractivity contribution in [3.63, 3.8) is 0 Å². The molecule has 5 nitrogen and oxygen atoms in total. The van der Waals surface area contributed by atoms with Crippen molar-refractivity contribution in [3.05, 3.63) is 22.3 Å². The predicted molar refractivity (Wildman–Crippen MR) is 111 cm³/mol. The molecule has 1 aromatic rings. The molecule has 0 saturated carbocycles. The molecule has 128 valence electrons. The first-order valence-corrected chi connectivity index (χ1v) is 10.3. The summed E-state index contributed by atoms with van der Waals surface area (Å²) in [6.07, 6.45) is -0.751. The van der Waals surface area contributed by atoms with Crippen molar-refractivity contribution < 1.29 is 49.0 Å². The zero-order chi connectivity index (χ0) is 17.7. The number of aliphatic carboxylic acids is 1. The number of carbonyl (C=O) groups excluding carboxylic acids is 2. The molecule has 0 radical (unpaired) electrons. The second-order valence-corrected chi connectivity index (χ2v) is 8.70. The van der Waals surface area contributed by atoms with Gasteiger partial charge >= 0.3 is 29.6 Å². The SMILES string of the molecule is CCC(Oc1c(I)cc(I)c(C(=O)NCC(C)C)c1I)C(=O)[O-].[Na+]. The topological polar surface area (TPSA) is 78.5 Å². The fourth-order valence-electron chi connectivity index (χ4n) is 1.71. The van der Waals surface area contributed by atoms with Crippen molar-refractivity contribution in [1.29, 1.82) is 0 Å². The van der Waals surface area contributed by atoms with Crippen LogP contribution in [0.5, 0.6) is 5.75 Å². The van der Waals surface area contributed by atoms with Crippen molar-refractivity contribution in [1.82, 2.24) is 5.32 Å². The Kier molecular flexibility index (Phi) is 12.3. The number of carbonyl (C=O) groups is 2. The van der Waals surface area contributed by atoms with Crippen LogP contribution in [0.25, 0.3) is 0 Å². The van der Waals surface area contributed by atoms with Crippen molar-refractivity contribution in [3.8, 4) is 5.75 Å². The van der Waals surface area contributed by atoms with E-state index in [0.29, 0.717) is 27.3 Å². The second-order valence-electron chi connectivity index (χ2n) is 5.30. The molecule has 1 N–H and O–H groups in total. The van der Waals surface area contributed by atoms with Crippen molar-refractivity contribution in [2.45, 2.75) is 33.3 Å². The third-order valence-electron chi connectivity index (χ3n) is 2.92. The number of nitrogens with one attached hydrogen (secondary N) is 1. The summed E-state index contributed by atoms with van der Waals surface area (Å²) in [5.41, 5.74) is 0.510. The number of ether oxygens (including phenoxy) is 1. The van der Waals surface area contributed by atoms with Crippen molar-refractivity contribution in [2.24, 2.45) is 5.92 Å². The molecule has 24 heavy (non-hydrogen) atoms. The van der Waals surface area contributed by atoms with Crippen LogP contribution in [0, 0.1) is 16.6 Å². The first-order valence-electron chi connectivity index (χ1n) is 7.02. The molecule has 0 aliphatic carbocycles. The molecule has 1 unspecified atom stereocenters. The Bertz CT molecular complexity index is 611. The quantitative estimate of drug-likeness (QED) is 0.320. The molecule has 0 heterocycles. The van der Waals surface area contributed by atoms with Crippen LogP contribution in [0.1, 0.15) is 37.6 Å². The van der Waals surface area contributed by atoms with Gasteiger partial charge in [0.2, 0.25) is 0 Å². The zero-order valence-electron chi connectivity index (χ0n) is 13.9. The number of amides is 1. The summed E-state index contributed by atoms with van der Waals surface area (Å²) in [7, 11) is 0. The van der Waals surface area contributed by atoms with Gasteiger partial charge in [0.25, 0.3) is 5.91 Å². The van der Waals surface area contributed by atoms with Crippen LogP contribution < -0.4 is 44.7 Å². The molecule has 0 bridgehead atoms. The van der Waals surface area contributed by atoms with Crippen LogP contribution >= 0.6 is 67.8 Å². The van der Waals surface area contributed by atoms with Crippen LogP contribution in [-0.2, 0) is 4.79 Å². The molecule has 0 spiro atoms. The molecule has 1 amide bonds. The average molecular weight is 679 g/mol. The molecular weight excluding hydrogens is 662 g/mol. The van der Waals surface area contributed by atoms with Crippen LogP contribution in [0.4, 0.5) is 0 Å². The molecule has 0 fully saturated rings. The van der Waals surface area contributed by atoms with Gasteiger partial charge in [0.15, 0.2) is 0 Å². The van der Waals surface area contributed by atoms with Gasteiger partial charge in [-0.1, -0.05) is 20.8 Å². The zero-order valence-corrected chi connectivity index (χ0v) is 22.4. The summed E-state index contributed by atoms with van der Waals surface area (Å²) in [6.45, 7) is 6.32. The van der Waals surface area contributed by atoms with E-state index in [1.807, 2.05) is 42.5 Å². The first-order chi connectivity index (χ1) is 10.7. The van der Waals surface area contributed by atoms with Gasteiger partial charge in [-0.15, -0.1) is 0 Å². The number of carboxylic acids is 1. The second kappa shape index (κ2) is 11.8. The van der Waals surface area contributed by atoms with Gasteiger partial charge < -0.3 is 20.0 Å². The van der Waals surface area contributed by atoms with Gasteiger partial charge in [0.05, 0.1) is 18.7 Å². The van der Waals surface area contributed by atoms with Crippen LogP contribution in [0.2, 0.25) is 0 Å². The van der Waals surface area contributed by atoms with Crippen LogP contribution in [-0.4, -0.2) is 24.5 Å². The van der Waals surface area contributed by atoms with Gasteiger partial charge in [-0.2, -0.15) is 0 Å². The van der Waals surface area contributed by atoms with Crippen LogP contribution in [0.3, 0.4) is 0 Å². The Morgan fingerprint density at radius 3 is 2.29 bits per heavy atom. The Balaban J connectivity index is 0.00000529. The van der Waals surface area contributed by atoms with Gasteiger partial charge in [0, 0.05) is 10.1 Å². The minimum Gasteiger partial charge on any atom is -0.546 e. The summed E-state index contributed by atoms with van der Waals surface area (Å²) < 4.78 is 7.77. The summed E-state index contributed by atoms with van der Waals surface area (Å²) in [6, 6.07) is 1.81. The molecule has 1 aromatic carbocycles. The van der Waals surface area contributed by atoms with E-state index in [2.05, 4.69) is 50.5 Å². The Morgan fingerprint density at radius 1 is 1.25 bits per heavy atom. The first kappa shape index (κ1) is 25.1. The third-order valence-corrected chi connectivity index (χ3v) is 5.60. The molecule has 1 atom stereocenters. The summed E-state index contributed by atoms with van der Waals surface area (Å²) in [5, 5.41) is 14.0. The molecule has 0 saturated heterocycles. The maximum atomic E-state index is 12.4. The van der Waals surface area contributed by atoms with E-state index in [1.165, 1.54) is 0 Å². The number of halogens is 3. The summed E-state index contributed by atoms with van der Waals surface area (Å²) in [5.74, 6) is -0.688. The largest absolute Gasteiger partial charge is 1.00 e. The molecule has 0 aliphatic rings. The Labute approximate surface area is 205 Å². The van der Waals surface area contributed by atoms with Gasteiger partial charge in [-0.3, -0.25) is 4.79 Å². The predicted octanol–water partition coefficient (Wildman–Crippen LogP) is -0.202. The van der Waals surface area contributed by atoms with E-state index in [0.717, 1.165) is 7.14 Å². The molecule has 0 aromatic heterocycles. The molecular formula is C15H17I3NNaO4. The average Bonchev–Trinajstić information content (AvgIpc) is 2.44. The van der Waals surface area contributed by atoms with Crippen molar-refractivity contribution >= 4 is 79.6 Å². The van der Waals surface area contributed by atoms with Gasteiger partial charge in [0.1, 0.15) is 11.9 Å². The Morgan fingerprint density at radius 2 is 1.83 bits per heavy atom. The number of hydrogen-bond acceptors (Lipinski definition) is 4. The molecule has 9 heteroatoms. The van der Waals surface area contributed by atoms with Gasteiger partial charge in [-0.25, -0.2) is 0 Å². The fraction of sp³-hybridized carbons (Fsp3) is 0.467. The maximum absolute atomic E-state index is 12.4. The smallest absolute Gasteiger partial charge is 0.546 e. The summed E-state index contributed by atoms with van der Waals surface area (Å²) >= 11 is 6.21. The fourth-order valence-corrected chi connectivity index (χ4v) is 5.83.